The summed E-state index contributed by atoms with van der Waals surface area (Å²) in [5.41, 5.74) is 11.9. The van der Waals surface area contributed by atoms with Crippen LogP contribution in [0.2, 0.25) is 0 Å². The van der Waals surface area contributed by atoms with Crippen molar-refractivity contribution in [1.29, 1.82) is 0 Å². The predicted octanol–water partition coefficient (Wildman–Crippen LogP) is 3.54. The zero-order chi connectivity index (χ0) is 16.8. The number of rotatable bonds is 1. The maximum absolute atomic E-state index is 12.7. The number of nitrogens with zero attached hydrogens (tertiary/aromatic N) is 2. The molecule has 3 aromatic rings. The molecule has 0 unspecified atom stereocenters. The van der Waals surface area contributed by atoms with Gasteiger partial charge in [0.05, 0.1) is 10.9 Å². The number of aromatic nitrogens is 2. The highest BCUT2D eigenvalue weighted by Crippen LogP contribution is 2.28. The van der Waals surface area contributed by atoms with Crippen LogP contribution in [-0.4, -0.2) is 9.55 Å². The molecule has 0 amide bonds. The van der Waals surface area contributed by atoms with E-state index in [1.165, 1.54) is 16.7 Å². The lowest BCUT2D eigenvalue weighted by Crippen LogP contribution is -2.20. The molecule has 24 heavy (non-hydrogen) atoms. The van der Waals surface area contributed by atoms with E-state index in [0.29, 0.717) is 23.1 Å². The van der Waals surface area contributed by atoms with Crippen LogP contribution >= 0.6 is 0 Å². The molecule has 2 heterocycles. The fourth-order valence-corrected chi connectivity index (χ4v) is 3.35. The molecule has 0 spiro atoms. The van der Waals surface area contributed by atoms with E-state index in [9.17, 15) is 4.79 Å². The summed E-state index contributed by atoms with van der Waals surface area (Å²) in [5, 5.41) is 0.626. The van der Waals surface area contributed by atoms with Crippen molar-refractivity contribution in [2.24, 2.45) is 0 Å². The second-order valence-corrected chi connectivity index (χ2v) is 6.45. The van der Waals surface area contributed by atoms with Gasteiger partial charge in [0.2, 0.25) is 0 Å². The first-order valence-corrected chi connectivity index (χ1v) is 8.11. The molecular formula is C20H19N3O. The smallest absolute Gasteiger partial charge is 0.261 e. The Morgan fingerprint density at radius 2 is 2.00 bits per heavy atom. The summed E-state index contributed by atoms with van der Waals surface area (Å²) in [5.74, 6) is 0.762. The van der Waals surface area contributed by atoms with Crippen molar-refractivity contribution >= 4 is 28.2 Å². The lowest BCUT2D eigenvalue weighted by Gasteiger charge is -2.07. The van der Waals surface area contributed by atoms with Gasteiger partial charge in [-0.05, 0) is 61.2 Å². The first-order valence-electron chi connectivity index (χ1n) is 8.11. The number of fused-ring (bicyclic) bond motifs is 2. The van der Waals surface area contributed by atoms with E-state index in [0.717, 1.165) is 17.8 Å². The van der Waals surface area contributed by atoms with Crippen LogP contribution in [0.3, 0.4) is 0 Å². The van der Waals surface area contributed by atoms with Gasteiger partial charge in [0.25, 0.3) is 5.56 Å². The van der Waals surface area contributed by atoms with E-state index in [2.05, 4.69) is 38.1 Å². The van der Waals surface area contributed by atoms with E-state index < -0.39 is 0 Å². The van der Waals surface area contributed by atoms with Crippen molar-refractivity contribution in [3.63, 3.8) is 0 Å². The Morgan fingerprint density at radius 1 is 1.17 bits per heavy atom. The lowest BCUT2D eigenvalue weighted by molar-refractivity contribution is 0.725. The van der Waals surface area contributed by atoms with Gasteiger partial charge in [0.15, 0.2) is 0 Å². The Kier molecular flexibility index (Phi) is 3.27. The zero-order valence-electron chi connectivity index (χ0n) is 13.8. The number of aryl methyl sites for hydroxylation is 2. The highest BCUT2D eigenvalue weighted by Gasteiger charge is 2.21. The number of nitrogens with two attached hydrogens (primary N) is 1. The summed E-state index contributed by atoms with van der Waals surface area (Å²) >= 11 is 0. The van der Waals surface area contributed by atoms with Gasteiger partial charge in [-0.25, -0.2) is 4.98 Å². The van der Waals surface area contributed by atoms with E-state index in [1.54, 1.807) is 22.8 Å². The summed E-state index contributed by atoms with van der Waals surface area (Å²) in [6.07, 6.45) is 2.97. The van der Waals surface area contributed by atoms with Crippen LogP contribution in [0.1, 0.15) is 28.9 Å². The molecule has 0 atom stereocenters. The van der Waals surface area contributed by atoms with Crippen LogP contribution in [0.25, 0.3) is 22.6 Å². The van der Waals surface area contributed by atoms with Crippen LogP contribution < -0.4 is 11.3 Å². The van der Waals surface area contributed by atoms with Gasteiger partial charge in [-0.2, -0.15) is 0 Å². The van der Waals surface area contributed by atoms with Crippen LogP contribution in [0, 0.1) is 13.8 Å². The van der Waals surface area contributed by atoms with Gasteiger partial charge in [-0.15, -0.1) is 0 Å². The molecule has 0 bridgehead atoms. The lowest BCUT2D eigenvalue weighted by atomic mass is 10.0. The fourth-order valence-electron chi connectivity index (χ4n) is 3.35. The predicted molar refractivity (Wildman–Crippen MR) is 98.8 cm³/mol. The minimum absolute atomic E-state index is 0.0130. The summed E-state index contributed by atoms with van der Waals surface area (Å²) in [4.78, 5) is 17.4. The van der Waals surface area contributed by atoms with Crippen LogP contribution in [-0.2, 0) is 6.54 Å². The first-order chi connectivity index (χ1) is 11.5. The van der Waals surface area contributed by atoms with Gasteiger partial charge in [0.1, 0.15) is 5.82 Å². The standard InChI is InChI=1S/C20H19N3O/c1-12-3-4-14(13(2)9-12)10-15-7-8-23-19(15)22-18-11-16(21)5-6-17(18)20(23)24/h3-6,9-11H,7-8,21H2,1-2H3/b15-10+. The quantitative estimate of drug-likeness (QED) is 0.698. The third-order valence-corrected chi connectivity index (χ3v) is 4.63. The van der Waals surface area contributed by atoms with Gasteiger partial charge in [-0.1, -0.05) is 23.8 Å². The largest absolute Gasteiger partial charge is 0.399 e. The van der Waals surface area contributed by atoms with Crippen molar-refractivity contribution in [2.45, 2.75) is 26.8 Å². The average Bonchev–Trinajstić information content (AvgIpc) is 2.93. The van der Waals surface area contributed by atoms with Crippen molar-refractivity contribution in [3.8, 4) is 0 Å². The minimum atomic E-state index is 0.0130. The number of allylic oxidation sites excluding steroid dienone is 1. The number of nitrogen functional groups attached to an aromatic ring is 1. The third-order valence-electron chi connectivity index (χ3n) is 4.63. The van der Waals surface area contributed by atoms with E-state index >= 15 is 0 Å². The zero-order valence-corrected chi connectivity index (χ0v) is 13.8. The highest BCUT2D eigenvalue weighted by atomic mass is 16.1. The maximum atomic E-state index is 12.7. The molecule has 0 aliphatic carbocycles. The second kappa shape index (κ2) is 5.34. The summed E-state index contributed by atoms with van der Waals surface area (Å²) < 4.78 is 1.77. The molecule has 0 saturated heterocycles. The molecular weight excluding hydrogens is 298 g/mol. The molecule has 0 fully saturated rings. The maximum Gasteiger partial charge on any atom is 0.261 e. The van der Waals surface area contributed by atoms with Crippen molar-refractivity contribution in [1.82, 2.24) is 9.55 Å². The third kappa shape index (κ3) is 2.31. The molecule has 1 aliphatic rings. The second-order valence-electron chi connectivity index (χ2n) is 6.45. The van der Waals surface area contributed by atoms with E-state index in [-0.39, 0.29) is 5.56 Å². The molecule has 2 aromatic carbocycles. The molecule has 4 nitrogen and oxygen atoms in total. The SMILES string of the molecule is Cc1ccc(/C=C2\CCn3c2nc2cc(N)ccc2c3=O)c(C)c1. The van der Waals surface area contributed by atoms with E-state index in [4.69, 9.17) is 10.7 Å². The molecule has 1 aromatic heterocycles. The normalized spacial score (nSPS) is 15.2. The van der Waals surface area contributed by atoms with Gasteiger partial charge in [-0.3, -0.25) is 9.36 Å². The number of anilines is 1. The summed E-state index contributed by atoms with van der Waals surface area (Å²) in [6, 6.07) is 11.7. The summed E-state index contributed by atoms with van der Waals surface area (Å²) in [7, 11) is 0. The van der Waals surface area contributed by atoms with Gasteiger partial charge < -0.3 is 5.73 Å². The molecule has 0 saturated carbocycles. The van der Waals surface area contributed by atoms with Crippen molar-refractivity contribution < 1.29 is 0 Å². The topological polar surface area (TPSA) is 60.9 Å². The first kappa shape index (κ1) is 14.7. The number of benzene rings is 2. The molecule has 4 rings (SSSR count). The van der Waals surface area contributed by atoms with E-state index in [1.807, 2.05) is 0 Å². The molecule has 2 N–H and O–H groups in total. The number of hydrogen-bond donors (Lipinski definition) is 1. The molecule has 1 aliphatic heterocycles. The van der Waals surface area contributed by atoms with Crippen molar-refractivity contribution in [3.05, 3.63) is 69.3 Å². The molecule has 4 heteroatoms. The molecule has 0 radical (unpaired) electrons. The fraction of sp³-hybridized carbons (Fsp3) is 0.200. The van der Waals surface area contributed by atoms with Crippen LogP contribution in [0.5, 0.6) is 0 Å². The Morgan fingerprint density at radius 3 is 2.79 bits per heavy atom. The highest BCUT2D eigenvalue weighted by molar-refractivity contribution is 5.86. The Bertz CT molecular complexity index is 1060. The average molecular weight is 317 g/mol. The minimum Gasteiger partial charge on any atom is -0.399 e. The van der Waals surface area contributed by atoms with Gasteiger partial charge in [0, 0.05) is 12.2 Å². The Labute approximate surface area is 140 Å². The Balaban J connectivity index is 1.91. The Hall–Kier alpha value is -2.88. The van der Waals surface area contributed by atoms with Crippen LogP contribution in [0.15, 0.2) is 41.2 Å². The summed E-state index contributed by atoms with van der Waals surface area (Å²) in [6.45, 7) is 4.88. The number of hydrogen-bond acceptors (Lipinski definition) is 3. The van der Waals surface area contributed by atoms with Crippen LogP contribution in [0.4, 0.5) is 5.69 Å². The molecule has 120 valence electrons. The van der Waals surface area contributed by atoms with Crippen molar-refractivity contribution in [2.75, 3.05) is 5.73 Å². The van der Waals surface area contributed by atoms with Gasteiger partial charge >= 0.3 is 0 Å². The monoisotopic (exact) mass is 317 g/mol.